The van der Waals surface area contributed by atoms with Crippen LogP contribution >= 0.6 is 0 Å². The van der Waals surface area contributed by atoms with Crippen LogP contribution in [0.15, 0.2) is 24.3 Å². The molecule has 0 saturated heterocycles. The number of nitrogens with one attached hydrogen (secondary N) is 1. The SMILES string of the molecule is CC(C)[C@@H](C)NCc1ccc(C#N)cc1. The molecule has 1 N–H and O–H groups in total. The fraction of sp³-hybridized carbons (Fsp3) is 0.462. The largest absolute Gasteiger partial charge is 0.310 e. The van der Waals surface area contributed by atoms with Gasteiger partial charge in [-0.2, -0.15) is 5.26 Å². The van der Waals surface area contributed by atoms with Crippen LogP contribution in [0.1, 0.15) is 31.9 Å². The second kappa shape index (κ2) is 5.53. The van der Waals surface area contributed by atoms with Crippen LogP contribution in [0.5, 0.6) is 0 Å². The van der Waals surface area contributed by atoms with Crippen molar-refractivity contribution in [2.75, 3.05) is 0 Å². The van der Waals surface area contributed by atoms with E-state index < -0.39 is 0 Å². The highest BCUT2D eigenvalue weighted by Crippen LogP contribution is 2.05. The lowest BCUT2D eigenvalue weighted by Crippen LogP contribution is -2.30. The van der Waals surface area contributed by atoms with E-state index in [2.05, 4.69) is 32.2 Å². The van der Waals surface area contributed by atoms with E-state index in [4.69, 9.17) is 5.26 Å². The van der Waals surface area contributed by atoms with Gasteiger partial charge in [0.25, 0.3) is 0 Å². The Morgan fingerprint density at radius 2 is 1.80 bits per heavy atom. The molecule has 0 aliphatic rings. The minimum atomic E-state index is 0.514. The molecule has 0 bridgehead atoms. The van der Waals surface area contributed by atoms with Crippen LogP contribution in [0.3, 0.4) is 0 Å². The molecule has 0 aromatic heterocycles. The zero-order chi connectivity index (χ0) is 11.3. The van der Waals surface area contributed by atoms with Crippen molar-refractivity contribution in [2.24, 2.45) is 5.92 Å². The Morgan fingerprint density at radius 3 is 2.27 bits per heavy atom. The first-order chi connectivity index (χ1) is 7.13. The third-order valence-electron chi connectivity index (χ3n) is 2.71. The highest BCUT2D eigenvalue weighted by molar-refractivity contribution is 5.31. The molecule has 1 aromatic rings. The van der Waals surface area contributed by atoms with Gasteiger partial charge in [0.1, 0.15) is 0 Å². The molecule has 0 fully saturated rings. The van der Waals surface area contributed by atoms with Gasteiger partial charge in [-0.1, -0.05) is 26.0 Å². The van der Waals surface area contributed by atoms with Crippen LogP contribution < -0.4 is 5.32 Å². The predicted octanol–water partition coefficient (Wildman–Crippen LogP) is 2.69. The van der Waals surface area contributed by atoms with Gasteiger partial charge in [0.05, 0.1) is 11.6 Å². The Balaban J connectivity index is 2.48. The lowest BCUT2D eigenvalue weighted by molar-refractivity contribution is 0.426. The van der Waals surface area contributed by atoms with E-state index in [1.807, 2.05) is 24.3 Å². The molecular weight excluding hydrogens is 184 g/mol. The molecule has 0 amide bonds. The lowest BCUT2D eigenvalue weighted by atomic mass is 10.1. The summed E-state index contributed by atoms with van der Waals surface area (Å²) in [4.78, 5) is 0. The minimum Gasteiger partial charge on any atom is -0.310 e. The first-order valence-corrected chi connectivity index (χ1v) is 5.36. The van der Waals surface area contributed by atoms with Crippen molar-refractivity contribution < 1.29 is 0 Å². The first-order valence-electron chi connectivity index (χ1n) is 5.36. The maximum Gasteiger partial charge on any atom is 0.0991 e. The van der Waals surface area contributed by atoms with Crippen molar-refractivity contribution in [2.45, 2.75) is 33.4 Å². The van der Waals surface area contributed by atoms with E-state index in [0.717, 1.165) is 12.1 Å². The summed E-state index contributed by atoms with van der Waals surface area (Å²) in [6, 6.07) is 10.3. The Kier molecular flexibility index (Phi) is 4.33. The van der Waals surface area contributed by atoms with Gasteiger partial charge in [-0.25, -0.2) is 0 Å². The molecule has 80 valence electrons. The average molecular weight is 202 g/mol. The third-order valence-corrected chi connectivity index (χ3v) is 2.71. The van der Waals surface area contributed by atoms with Crippen molar-refractivity contribution in [1.82, 2.24) is 5.32 Å². The van der Waals surface area contributed by atoms with E-state index in [9.17, 15) is 0 Å². The molecule has 0 radical (unpaired) electrons. The van der Waals surface area contributed by atoms with E-state index in [1.165, 1.54) is 5.56 Å². The Morgan fingerprint density at radius 1 is 1.20 bits per heavy atom. The van der Waals surface area contributed by atoms with Crippen LogP contribution in [0.2, 0.25) is 0 Å². The number of hydrogen-bond donors (Lipinski definition) is 1. The third kappa shape index (κ3) is 3.73. The molecule has 2 nitrogen and oxygen atoms in total. The van der Waals surface area contributed by atoms with Crippen LogP contribution in [0.4, 0.5) is 0 Å². The number of nitriles is 1. The lowest BCUT2D eigenvalue weighted by Gasteiger charge is -2.17. The molecule has 0 aliphatic carbocycles. The van der Waals surface area contributed by atoms with Gasteiger partial charge in [0, 0.05) is 12.6 Å². The second-order valence-electron chi connectivity index (χ2n) is 4.22. The van der Waals surface area contributed by atoms with E-state index in [0.29, 0.717) is 12.0 Å². The van der Waals surface area contributed by atoms with Gasteiger partial charge in [0.15, 0.2) is 0 Å². The zero-order valence-electron chi connectivity index (χ0n) is 9.62. The summed E-state index contributed by atoms with van der Waals surface area (Å²) < 4.78 is 0. The van der Waals surface area contributed by atoms with E-state index in [-0.39, 0.29) is 0 Å². The van der Waals surface area contributed by atoms with Crippen LogP contribution in [0.25, 0.3) is 0 Å². The molecular formula is C13H18N2. The molecule has 1 rings (SSSR count). The molecule has 0 aliphatic heterocycles. The fourth-order valence-electron chi connectivity index (χ4n) is 1.21. The molecule has 0 unspecified atom stereocenters. The molecule has 1 atom stereocenters. The summed E-state index contributed by atoms with van der Waals surface area (Å²) in [5, 5.41) is 12.1. The first kappa shape index (κ1) is 11.7. The van der Waals surface area contributed by atoms with Crippen molar-refractivity contribution >= 4 is 0 Å². The standard InChI is InChI=1S/C13H18N2/c1-10(2)11(3)15-9-13-6-4-12(8-14)5-7-13/h4-7,10-11,15H,9H2,1-3H3/t11-/m1/s1. The Labute approximate surface area is 91.9 Å². The van der Waals surface area contributed by atoms with Gasteiger partial charge < -0.3 is 5.32 Å². The Bertz CT molecular complexity index is 333. The summed E-state index contributed by atoms with van der Waals surface area (Å²) in [6.07, 6.45) is 0. The summed E-state index contributed by atoms with van der Waals surface area (Å²) >= 11 is 0. The number of benzene rings is 1. The predicted molar refractivity (Wildman–Crippen MR) is 62.3 cm³/mol. The maximum absolute atomic E-state index is 8.65. The smallest absolute Gasteiger partial charge is 0.0991 e. The number of rotatable bonds is 4. The second-order valence-corrected chi connectivity index (χ2v) is 4.22. The van der Waals surface area contributed by atoms with Crippen molar-refractivity contribution in [1.29, 1.82) is 5.26 Å². The topological polar surface area (TPSA) is 35.8 Å². The van der Waals surface area contributed by atoms with Crippen LogP contribution in [-0.4, -0.2) is 6.04 Å². The van der Waals surface area contributed by atoms with Crippen LogP contribution in [-0.2, 0) is 6.54 Å². The summed E-state index contributed by atoms with van der Waals surface area (Å²) in [5.74, 6) is 0.642. The number of hydrogen-bond acceptors (Lipinski definition) is 2. The molecule has 1 aromatic carbocycles. The van der Waals surface area contributed by atoms with Crippen molar-refractivity contribution in [3.8, 4) is 6.07 Å². The highest BCUT2D eigenvalue weighted by atomic mass is 14.9. The molecule has 2 heteroatoms. The van der Waals surface area contributed by atoms with Gasteiger partial charge >= 0.3 is 0 Å². The van der Waals surface area contributed by atoms with Crippen molar-refractivity contribution in [3.05, 3.63) is 35.4 Å². The van der Waals surface area contributed by atoms with Gasteiger partial charge in [-0.15, -0.1) is 0 Å². The van der Waals surface area contributed by atoms with Gasteiger partial charge in [-0.3, -0.25) is 0 Å². The molecule has 0 heterocycles. The van der Waals surface area contributed by atoms with E-state index >= 15 is 0 Å². The summed E-state index contributed by atoms with van der Waals surface area (Å²) in [7, 11) is 0. The monoisotopic (exact) mass is 202 g/mol. The highest BCUT2D eigenvalue weighted by Gasteiger charge is 2.05. The zero-order valence-corrected chi connectivity index (χ0v) is 9.62. The van der Waals surface area contributed by atoms with Crippen molar-refractivity contribution in [3.63, 3.8) is 0 Å². The average Bonchev–Trinajstić information content (AvgIpc) is 2.26. The molecule has 15 heavy (non-hydrogen) atoms. The summed E-state index contributed by atoms with van der Waals surface area (Å²) in [6.45, 7) is 7.46. The summed E-state index contributed by atoms with van der Waals surface area (Å²) in [5.41, 5.74) is 1.94. The van der Waals surface area contributed by atoms with Gasteiger partial charge in [0.2, 0.25) is 0 Å². The minimum absolute atomic E-state index is 0.514. The van der Waals surface area contributed by atoms with Crippen LogP contribution in [0, 0.1) is 17.2 Å². The Hall–Kier alpha value is -1.33. The maximum atomic E-state index is 8.65. The quantitative estimate of drug-likeness (QED) is 0.814. The fourth-order valence-corrected chi connectivity index (χ4v) is 1.21. The molecule has 0 spiro atoms. The normalized spacial score (nSPS) is 12.5. The van der Waals surface area contributed by atoms with E-state index in [1.54, 1.807) is 0 Å². The van der Waals surface area contributed by atoms with Gasteiger partial charge in [-0.05, 0) is 30.5 Å². The number of nitrogens with zero attached hydrogens (tertiary/aromatic N) is 1. The molecule has 0 saturated carbocycles.